The molecule has 0 aromatic carbocycles. The van der Waals surface area contributed by atoms with Crippen molar-refractivity contribution >= 4 is 16.0 Å². The predicted molar refractivity (Wildman–Crippen MR) is 73.9 cm³/mol. The van der Waals surface area contributed by atoms with E-state index in [1.54, 1.807) is 13.8 Å². The summed E-state index contributed by atoms with van der Waals surface area (Å²) in [5.74, 6) is -0.678. The highest BCUT2D eigenvalue weighted by Gasteiger charge is 2.21. The zero-order chi connectivity index (χ0) is 15.3. The van der Waals surface area contributed by atoms with Crippen LogP contribution in [0.2, 0.25) is 0 Å². The molecule has 20 heavy (non-hydrogen) atoms. The first kappa shape index (κ1) is 16.6. The van der Waals surface area contributed by atoms with Crippen molar-refractivity contribution in [1.82, 2.24) is 14.9 Å². The average Bonchev–Trinajstić information content (AvgIpc) is 2.66. The van der Waals surface area contributed by atoms with Gasteiger partial charge in [-0.2, -0.15) is 5.10 Å². The second kappa shape index (κ2) is 6.85. The smallest absolute Gasteiger partial charge is 0.303 e. The summed E-state index contributed by atoms with van der Waals surface area (Å²) in [7, 11) is -3.57. The van der Waals surface area contributed by atoms with E-state index in [1.807, 2.05) is 6.92 Å². The molecule has 0 fully saturated rings. The Kier molecular flexibility index (Phi) is 5.70. The molecule has 1 rings (SSSR count). The molecule has 0 amide bonds. The molecule has 0 saturated carbocycles. The van der Waals surface area contributed by atoms with Gasteiger partial charge >= 0.3 is 5.97 Å². The van der Waals surface area contributed by atoms with E-state index >= 15 is 0 Å². The number of hydrogen-bond acceptors (Lipinski definition) is 4. The quantitative estimate of drug-likeness (QED) is 0.668. The van der Waals surface area contributed by atoms with Crippen molar-refractivity contribution in [2.75, 3.05) is 6.54 Å². The van der Waals surface area contributed by atoms with Gasteiger partial charge in [-0.05, 0) is 32.6 Å². The van der Waals surface area contributed by atoms with E-state index in [-0.39, 0.29) is 23.8 Å². The van der Waals surface area contributed by atoms with E-state index in [9.17, 15) is 13.2 Å². The van der Waals surface area contributed by atoms with Gasteiger partial charge in [-0.1, -0.05) is 6.92 Å². The number of aromatic nitrogens is 2. The van der Waals surface area contributed by atoms with Gasteiger partial charge in [0.15, 0.2) is 0 Å². The first-order valence-corrected chi connectivity index (χ1v) is 7.95. The number of nitrogens with zero attached hydrogens (tertiary/aromatic N) is 1. The van der Waals surface area contributed by atoms with E-state index in [0.717, 1.165) is 0 Å². The predicted octanol–water partition coefficient (Wildman–Crippen LogP) is 1.20. The Balaban J connectivity index is 2.51. The van der Waals surface area contributed by atoms with Crippen LogP contribution in [0.5, 0.6) is 0 Å². The SMILES string of the molecule is Cc1n[nH]c(C)c1S(=O)(=O)NCCC(C)CCC(=O)O. The number of aliphatic carboxylic acids is 1. The molecular formula is C12H21N3O4S. The average molecular weight is 303 g/mol. The van der Waals surface area contributed by atoms with Gasteiger partial charge in [0, 0.05) is 13.0 Å². The molecule has 8 heteroatoms. The third-order valence-corrected chi connectivity index (χ3v) is 4.83. The van der Waals surface area contributed by atoms with Gasteiger partial charge in [-0.15, -0.1) is 0 Å². The fraction of sp³-hybridized carbons (Fsp3) is 0.667. The van der Waals surface area contributed by atoms with Gasteiger partial charge < -0.3 is 5.11 Å². The minimum absolute atomic E-state index is 0.105. The van der Waals surface area contributed by atoms with Crippen LogP contribution in [0.4, 0.5) is 0 Å². The Bertz CT molecular complexity index is 546. The Hall–Kier alpha value is -1.41. The van der Waals surface area contributed by atoms with Crippen LogP contribution in [0.15, 0.2) is 4.90 Å². The van der Waals surface area contributed by atoms with Crippen LogP contribution in [0.1, 0.15) is 37.6 Å². The number of rotatable bonds is 8. The first-order valence-electron chi connectivity index (χ1n) is 6.47. The minimum atomic E-state index is -3.57. The summed E-state index contributed by atoms with van der Waals surface area (Å²) in [4.78, 5) is 10.6. The molecule has 1 atom stereocenters. The van der Waals surface area contributed by atoms with Crippen LogP contribution in [0.25, 0.3) is 0 Å². The Morgan fingerprint density at radius 1 is 1.40 bits per heavy atom. The molecule has 0 aliphatic rings. The third kappa shape index (κ3) is 4.61. The number of aromatic amines is 1. The van der Waals surface area contributed by atoms with Crippen LogP contribution in [0.3, 0.4) is 0 Å². The fourth-order valence-electron chi connectivity index (χ4n) is 1.96. The van der Waals surface area contributed by atoms with Crippen LogP contribution < -0.4 is 4.72 Å². The number of carbonyl (C=O) groups is 1. The highest BCUT2D eigenvalue weighted by Crippen LogP contribution is 2.16. The van der Waals surface area contributed by atoms with Crippen molar-refractivity contribution in [3.8, 4) is 0 Å². The van der Waals surface area contributed by atoms with Crippen molar-refractivity contribution < 1.29 is 18.3 Å². The number of hydrogen-bond donors (Lipinski definition) is 3. The van der Waals surface area contributed by atoms with Crippen LogP contribution >= 0.6 is 0 Å². The van der Waals surface area contributed by atoms with Gasteiger partial charge in [0.05, 0.1) is 11.4 Å². The van der Waals surface area contributed by atoms with Crippen molar-refractivity contribution in [1.29, 1.82) is 0 Å². The maximum Gasteiger partial charge on any atom is 0.303 e. The highest BCUT2D eigenvalue weighted by molar-refractivity contribution is 7.89. The molecule has 3 N–H and O–H groups in total. The number of aryl methyl sites for hydroxylation is 2. The molecule has 0 saturated heterocycles. The van der Waals surface area contributed by atoms with Crippen molar-refractivity contribution in [2.45, 2.75) is 44.9 Å². The molecule has 7 nitrogen and oxygen atoms in total. The summed E-state index contributed by atoms with van der Waals surface area (Å²) in [6.45, 7) is 5.48. The second-order valence-corrected chi connectivity index (χ2v) is 6.69. The zero-order valence-electron chi connectivity index (χ0n) is 11.9. The van der Waals surface area contributed by atoms with Crippen LogP contribution in [-0.2, 0) is 14.8 Å². The molecule has 1 aromatic heterocycles. The number of carboxylic acid groups (broad SMARTS) is 1. The molecule has 0 aliphatic carbocycles. The lowest BCUT2D eigenvalue weighted by atomic mass is 10.0. The van der Waals surface area contributed by atoms with E-state index in [2.05, 4.69) is 14.9 Å². The van der Waals surface area contributed by atoms with Crippen molar-refractivity contribution in [3.05, 3.63) is 11.4 Å². The molecule has 1 aromatic rings. The van der Waals surface area contributed by atoms with Crippen LogP contribution in [-0.4, -0.2) is 36.2 Å². The first-order chi connectivity index (χ1) is 9.24. The largest absolute Gasteiger partial charge is 0.481 e. The summed E-state index contributed by atoms with van der Waals surface area (Å²) in [6.07, 6.45) is 1.25. The number of sulfonamides is 1. The maximum absolute atomic E-state index is 12.1. The summed E-state index contributed by atoms with van der Waals surface area (Å²) < 4.78 is 26.8. The van der Waals surface area contributed by atoms with Gasteiger partial charge in [-0.25, -0.2) is 13.1 Å². The normalized spacial score (nSPS) is 13.3. The lowest BCUT2D eigenvalue weighted by Crippen LogP contribution is -2.26. The Labute approximate surface area is 118 Å². The van der Waals surface area contributed by atoms with E-state index in [1.165, 1.54) is 0 Å². The van der Waals surface area contributed by atoms with E-state index in [0.29, 0.717) is 24.2 Å². The lowest BCUT2D eigenvalue weighted by molar-refractivity contribution is -0.137. The lowest BCUT2D eigenvalue weighted by Gasteiger charge is -2.11. The minimum Gasteiger partial charge on any atom is -0.481 e. The number of nitrogens with one attached hydrogen (secondary N) is 2. The maximum atomic E-state index is 12.1. The van der Waals surface area contributed by atoms with Gasteiger partial charge in [-0.3, -0.25) is 9.89 Å². The number of H-pyrrole nitrogens is 1. The Morgan fingerprint density at radius 3 is 2.55 bits per heavy atom. The second-order valence-electron chi connectivity index (χ2n) is 4.99. The van der Waals surface area contributed by atoms with E-state index < -0.39 is 16.0 Å². The number of carboxylic acids is 1. The van der Waals surface area contributed by atoms with Gasteiger partial charge in [0.1, 0.15) is 4.90 Å². The van der Waals surface area contributed by atoms with Crippen molar-refractivity contribution in [2.24, 2.45) is 5.92 Å². The molecule has 0 radical (unpaired) electrons. The van der Waals surface area contributed by atoms with Crippen LogP contribution in [0, 0.1) is 19.8 Å². The molecule has 114 valence electrons. The molecule has 1 heterocycles. The monoisotopic (exact) mass is 303 g/mol. The summed E-state index contributed by atoms with van der Waals surface area (Å²) in [5.41, 5.74) is 0.947. The summed E-state index contributed by atoms with van der Waals surface area (Å²) >= 11 is 0. The zero-order valence-corrected chi connectivity index (χ0v) is 12.7. The molecular weight excluding hydrogens is 282 g/mol. The summed E-state index contributed by atoms with van der Waals surface area (Å²) in [5, 5.41) is 15.1. The summed E-state index contributed by atoms with van der Waals surface area (Å²) in [6, 6.07) is 0. The standard InChI is InChI=1S/C12H21N3O4S/c1-8(4-5-11(16)17)6-7-13-20(18,19)12-9(2)14-15-10(12)3/h8,13H,4-7H2,1-3H3,(H,14,15)(H,16,17). The topological polar surface area (TPSA) is 112 Å². The highest BCUT2D eigenvalue weighted by atomic mass is 32.2. The molecule has 1 unspecified atom stereocenters. The molecule has 0 bridgehead atoms. The fourth-order valence-corrected chi connectivity index (χ4v) is 3.38. The molecule has 0 aliphatic heterocycles. The Morgan fingerprint density at radius 2 is 2.05 bits per heavy atom. The van der Waals surface area contributed by atoms with E-state index in [4.69, 9.17) is 5.11 Å². The molecule has 0 spiro atoms. The van der Waals surface area contributed by atoms with Crippen molar-refractivity contribution in [3.63, 3.8) is 0 Å². The third-order valence-electron chi connectivity index (χ3n) is 3.11. The van der Waals surface area contributed by atoms with Gasteiger partial charge in [0.2, 0.25) is 10.0 Å². The van der Waals surface area contributed by atoms with Gasteiger partial charge in [0.25, 0.3) is 0 Å².